The van der Waals surface area contributed by atoms with E-state index in [2.05, 4.69) is 18.2 Å². The standard InChI is InChI=1S/C9H15NO/c1-3-4-6-10-9(2)5-7-11-8-9/h1,10H,4-8H2,2H3. The maximum atomic E-state index is 5.28. The van der Waals surface area contributed by atoms with Crippen LogP contribution in [0.25, 0.3) is 0 Å². The van der Waals surface area contributed by atoms with Crippen molar-refractivity contribution in [3.63, 3.8) is 0 Å². The molecule has 1 aliphatic heterocycles. The summed E-state index contributed by atoms with van der Waals surface area (Å²) < 4.78 is 5.28. The minimum absolute atomic E-state index is 0.177. The van der Waals surface area contributed by atoms with Gasteiger partial charge in [0.05, 0.1) is 6.61 Å². The lowest BCUT2D eigenvalue weighted by atomic mass is 10.0. The van der Waals surface area contributed by atoms with E-state index < -0.39 is 0 Å². The highest BCUT2D eigenvalue weighted by Gasteiger charge is 2.28. The topological polar surface area (TPSA) is 21.3 Å². The molecule has 1 fully saturated rings. The molecule has 0 aromatic carbocycles. The van der Waals surface area contributed by atoms with Crippen molar-refractivity contribution in [3.05, 3.63) is 0 Å². The quantitative estimate of drug-likeness (QED) is 0.478. The molecule has 0 bridgehead atoms. The molecule has 1 saturated heterocycles. The van der Waals surface area contributed by atoms with Crippen molar-refractivity contribution in [3.8, 4) is 12.3 Å². The van der Waals surface area contributed by atoms with Crippen LogP contribution in [-0.2, 0) is 4.74 Å². The molecule has 1 heterocycles. The Morgan fingerprint density at radius 3 is 3.09 bits per heavy atom. The van der Waals surface area contributed by atoms with Crippen LogP contribution in [0.1, 0.15) is 19.8 Å². The molecule has 0 amide bonds. The Hall–Kier alpha value is -0.520. The van der Waals surface area contributed by atoms with Crippen molar-refractivity contribution in [1.29, 1.82) is 0 Å². The molecule has 1 N–H and O–H groups in total. The van der Waals surface area contributed by atoms with E-state index in [1.54, 1.807) is 0 Å². The minimum Gasteiger partial charge on any atom is -0.379 e. The lowest BCUT2D eigenvalue weighted by Gasteiger charge is -2.22. The third-order valence-corrected chi connectivity index (χ3v) is 2.04. The van der Waals surface area contributed by atoms with Crippen LogP contribution in [0, 0.1) is 12.3 Å². The summed E-state index contributed by atoms with van der Waals surface area (Å²) in [6.07, 6.45) is 7.03. The van der Waals surface area contributed by atoms with Crippen molar-refractivity contribution in [2.45, 2.75) is 25.3 Å². The Kier molecular flexibility index (Phi) is 2.92. The van der Waals surface area contributed by atoms with E-state index in [4.69, 9.17) is 11.2 Å². The van der Waals surface area contributed by atoms with E-state index >= 15 is 0 Å². The van der Waals surface area contributed by atoms with Crippen LogP contribution in [0.2, 0.25) is 0 Å². The van der Waals surface area contributed by atoms with Gasteiger partial charge in [-0.05, 0) is 13.3 Å². The van der Waals surface area contributed by atoms with Gasteiger partial charge < -0.3 is 10.1 Å². The highest BCUT2D eigenvalue weighted by molar-refractivity contribution is 4.90. The van der Waals surface area contributed by atoms with Crippen LogP contribution in [-0.4, -0.2) is 25.3 Å². The van der Waals surface area contributed by atoms with E-state index in [1.165, 1.54) is 0 Å². The highest BCUT2D eigenvalue weighted by Crippen LogP contribution is 2.16. The molecule has 11 heavy (non-hydrogen) atoms. The highest BCUT2D eigenvalue weighted by atomic mass is 16.5. The van der Waals surface area contributed by atoms with E-state index in [1.807, 2.05) is 0 Å². The predicted molar refractivity (Wildman–Crippen MR) is 45.3 cm³/mol. The number of rotatable bonds is 3. The fraction of sp³-hybridized carbons (Fsp3) is 0.778. The number of ether oxygens (including phenoxy) is 1. The summed E-state index contributed by atoms with van der Waals surface area (Å²) in [7, 11) is 0. The van der Waals surface area contributed by atoms with Gasteiger partial charge in [-0.2, -0.15) is 0 Å². The van der Waals surface area contributed by atoms with Crippen LogP contribution >= 0.6 is 0 Å². The lowest BCUT2D eigenvalue weighted by Crippen LogP contribution is -2.43. The zero-order chi connectivity index (χ0) is 8.16. The smallest absolute Gasteiger partial charge is 0.0646 e. The summed E-state index contributed by atoms with van der Waals surface area (Å²) in [4.78, 5) is 0. The zero-order valence-corrected chi connectivity index (χ0v) is 7.02. The molecule has 62 valence electrons. The van der Waals surface area contributed by atoms with Gasteiger partial charge >= 0.3 is 0 Å². The summed E-state index contributed by atoms with van der Waals surface area (Å²) in [6, 6.07) is 0. The van der Waals surface area contributed by atoms with E-state index in [-0.39, 0.29) is 5.54 Å². The first-order valence-corrected chi connectivity index (χ1v) is 4.03. The predicted octanol–water partition coefficient (Wildman–Crippen LogP) is 0.778. The molecule has 1 aliphatic rings. The first kappa shape index (κ1) is 8.58. The van der Waals surface area contributed by atoms with Gasteiger partial charge in [0.1, 0.15) is 0 Å². The number of hydrogen-bond donors (Lipinski definition) is 1. The average molecular weight is 153 g/mol. The van der Waals surface area contributed by atoms with E-state index in [0.29, 0.717) is 0 Å². The monoisotopic (exact) mass is 153 g/mol. The van der Waals surface area contributed by atoms with Crippen LogP contribution in [0.15, 0.2) is 0 Å². The fourth-order valence-electron chi connectivity index (χ4n) is 1.24. The largest absolute Gasteiger partial charge is 0.379 e. The van der Waals surface area contributed by atoms with Gasteiger partial charge in [0.2, 0.25) is 0 Å². The first-order valence-electron chi connectivity index (χ1n) is 4.03. The minimum atomic E-state index is 0.177. The van der Waals surface area contributed by atoms with Crippen molar-refractivity contribution < 1.29 is 4.74 Å². The second-order valence-corrected chi connectivity index (χ2v) is 3.24. The summed E-state index contributed by atoms with van der Waals surface area (Å²) >= 11 is 0. The molecule has 2 heteroatoms. The van der Waals surface area contributed by atoms with Gasteiger partial charge in [-0.3, -0.25) is 0 Å². The van der Waals surface area contributed by atoms with E-state index in [9.17, 15) is 0 Å². The molecular formula is C9H15NO. The van der Waals surface area contributed by atoms with Crippen LogP contribution in [0.3, 0.4) is 0 Å². The van der Waals surface area contributed by atoms with Crippen LogP contribution in [0.4, 0.5) is 0 Å². The average Bonchev–Trinajstić information content (AvgIpc) is 2.38. The van der Waals surface area contributed by atoms with E-state index in [0.717, 1.165) is 32.6 Å². The second kappa shape index (κ2) is 3.75. The Labute approximate surface area is 68.3 Å². The van der Waals surface area contributed by atoms with Gasteiger partial charge in [-0.15, -0.1) is 12.3 Å². The third kappa shape index (κ3) is 2.53. The first-order chi connectivity index (χ1) is 5.27. The molecule has 0 aromatic heterocycles. The van der Waals surface area contributed by atoms with Gasteiger partial charge in [-0.25, -0.2) is 0 Å². The Morgan fingerprint density at radius 1 is 1.73 bits per heavy atom. The SMILES string of the molecule is C#CCCNC1(C)CCOC1. The Balaban J connectivity index is 2.19. The molecule has 0 radical (unpaired) electrons. The summed E-state index contributed by atoms with van der Waals surface area (Å²) in [5.41, 5.74) is 0.177. The van der Waals surface area contributed by atoms with Crippen LogP contribution in [0.5, 0.6) is 0 Å². The molecule has 0 aliphatic carbocycles. The fourth-order valence-corrected chi connectivity index (χ4v) is 1.24. The van der Waals surface area contributed by atoms with Gasteiger partial charge in [0.15, 0.2) is 0 Å². The van der Waals surface area contributed by atoms with Crippen molar-refractivity contribution in [2.75, 3.05) is 19.8 Å². The Bertz CT molecular complexity index is 153. The maximum absolute atomic E-state index is 5.28. The number of terminal acetylenes is 1. The summed E-state index contributed by atoms with van der Waals surface area (Å²) in [6.45, 7) is 4.77. The van der Waals surface area contributed by atoms with Crippen molar-refractivity contribution in [2.24, 2.45) is 0 Å². The third-order valence-electron chi connectivity index (χ3n) is 2.04. The van der Waals surface area contributed by atoms with Crippen molar-refractivity contribution >= 4 is 0 Å². The molecule has 0 spiro atoms. The molecule has 0 saturated carbocycles. The Morgan fingerprint density at radius 2 is 2.55 bits per heavy atom. The molecule has 1 unspecified atom stereocenters. The molecule has 2 nitrogen and oxygen atoms in total. The zero-order valence-electron chi connectivity index (χ0n) is 7.02. The molecular weight excluding hydrogens is 138 g/mol. The number of hydrogen-bond acceptors (Lipinski definition) is 2. The molecule has 1 rings (SSSR count). The summed E-state index contributed by atoms with van der Waals surface area (Å²) in [5.74, 6) is 2.61. The normalized spacial score (nSPS) is 30.2. The molecule has 0 aromatic rings. The van der Waals surface area contributed by atoms with Gasteiger partial charge in [-0.1, -0.05) is 0 Å². The van der Waals surface area contributed by atoms with Crippen molar-refractivity contribution in [1.82, 2.24) is 5.32 Å². The lowest BCUT2D eigenvalue weighted by molar-refractivity contribution is 0.172. The maximum Gasteiger partial charge on any atom is 0.0646 e. The van der Waals surface area contributed by atoms with Gasteiger partial charge in [0.25, 0.3) is 0 Å². The molecule has 1 atom stereocenters. The second-order valence-electron chi connectivity index (χ2n) is 3.24. The van der Waals surface area contributed by atoms with Gasteiger partial charge in [0, 0.05) is 25.1 Å². The van der Waals surface area contributed by atoms with Crippen LogP contribution < -0.4 is 5.32 Å². The number of nitrogens with one attached hydrogen (secondary N) is 1. The summed E-state index contributed by atoms with van der Waals surface area (Å²) in [5, 5.41) is 3.39.